The van der Waals surface area contributed by atoms with Gasteiger partial charge in [0.15, 0.2) is 5.78 Å². The molecule has 0 heterocycles. The van der Waals surface area contributed by atoms with Crippen molar-refractivity contribution in [3.8, 4) is 0 Å². The molecule has 2 aromatic rings. The predicted molar refractivity (Wildman–Crippen MR) is 80.0 cm³/mol. The minimum absolute atomic E-state index is 0.0179. The first-order valence-corrected chi connectivity index (χ1v) is 6.91. The van der Waals surface area contributed by atoms with Gasteiger partial charge in [-0.3, -0.25) is 4.79 Å². The van der Waals surface area contributed by atoms with Crippen LogP contribution in [0.2, 0.25) is 0 Å². The van der Waals surface area contributed by atoms with Crippen LogP contribution in [-0.4, -0.2) is 5.78 Å². The first-order chi connectivity index (χ1) is 10.1. The summed E-state index contributed by atoms with van der Waals surface area (Å²) in [6, 6.07) is 11.4. The molecule has 0 radical (unpaired) electrons. The highest BCUT2D eigenvalue weighted by atomic mass is 19.4. The second-order valence-corrected chi connectivity index (χ2v) is 6.23. The Morgan fingerprint density at radius 3 is 1.41 bits per heavy atom. The van der Waals surface area contributed by atoms with Crippen LogP contribution in [0.3, 0.4) is 0 Å². The first kappa shape index (κ1) is 16.3. The molecular formula is C18H17F3O. The van der Waals surface area contributed by atoms with E-state index < -0.39 is 11.7 Å². The summed E-state index contributed by atoms with van der Waals surface area (Å²) in [4.78, 5) is 12.3. The van der Waals surface area contributed by atoms with Crippen molar-refractivity contribution in [1.82, 2.24) is 0 Å². The molecule has 0 N–H and O–H groups in total. The molecule has 0 unspecified atom stereocenters. The van der Waals surface area contributed by atoms with Crippen molar-refractivity contribution in [2.75, 3.05) is 0 Å². The van der Waals surface area contributed by atoms with E-state index in [0.29, 0.717) is 5.56 Å². The molecule has 0 atom stereocenters. The van der Waals surface area contributed by atoms with Gasteiger partial charge in [0.1, 0.15) is 0 Å². The molecule has 116 valence electrons. The number of carbonyl (C=O) groups is 1. The topological polar surface area (TPSA) is 17.1 Å². The Morgan fingerprint density at radius 2 is 1.09 bits per heavy atom. The minimum atomic E-state index is -4.39. The van der Waals surface area contributed by atoms with E-state index in [4.69, 9.17) is 0 Å². The van der Waals surface area contributed by atoms with Crippen LogP contribution >= 0.6 is 0 Å². The molecule has 1 nitrogen and oxygen atoms in total. The van der Waals surface area contributed by atoms with Gasteiger partial charge in [-0.15, -0.1) is 0 Å². The molecular weight excluding hydrogens is 289 g/mol. The second kappa shape index (κ2) is 5.59. The number of rotatable bonds is 2. The van der Waals surface area contributed by atoms with E-state index in [9.17, 15) is 18.0 Å². The van der Waals surface area contributed by atoms with E-state index in [1.165, 1.54) is 12.1 Å². The maximum atomic E-state index is 12.5. The van der Waals surface area contributed by atoms with Crippen molar-refractivity contribution in [2.24, 2.45) is 0 Å². The zero-order chi connectivity index (χ0) is 16.5. The van der Waals surface area contributed by atoms with Gasteiger partial charge in [0.25, 0.3) is 0 Å². The third kappa shape index (κ3) is 3.56. The van der Waals surface area contributed by atoms with E-state index in [-0.39, 0.29) is 16.8 Å². The van der Waals surface area contributed by atoms with Gasteiger partial charge in [0.05, 0.1) is 5.56 Å². The van der Waals surface area contributed by atoms with Gasteiger partial charge in [0, 0.05) is 11.1 Å². The number of halogens is 3. The number of hydrogen-bond donors (Lipinski definition) is 0. The van der Waals surface area contributed by atoms with E-state index in [1.807, 2.05) is 12.1 Å². The molecule has 0 fully saturated rings. The third-order valence-electron chi connectivity index (χ3n) is 3.49. The molecule has 2 aromatic carbocycles. The lowest BCUT2D eigenvalue weighted by Gasteiger charge is -2.19. The third-order valence-corrected chi connectivity index (χ3v) is 3.49. The molecule has 0 saturated heterocycles. The Kier molecular flexibility index (Phi) is 4.14. The van der Waals surface area contributed by atoms with Gasteiger partial charge >= 0.3 is 6.18 Å². The van der Waals surface area contributed by atoms with Crippen molar-refractivity contribution in [2.45, 2.75) is 32.4 Å². The molecule has 0 bridgehead atoms. The van der Waals surface area contributed by atoms with Crippen LogP contribution in [0.4, 0.5) is 13.2 Å². The summed E-state index contributed by atoms with van der Waals surface area (Å²) in [5, 5.41) is 0. The normalized spacial score (nSPS) is 12.3. The summed E-state index contributed by atoms with van der Waals surface area (Å²) in [5.74, 6) is -0.283. The largest absolute Gasteiger partial charge is 0.416 e. The highest BCUT2D eigenvalue weighted by molar-refractivity contribution is 6.09. The summed E-state index contributed by atoms with van der Waals surface area (Å²) in [5.41, 5.74) is 1.03. The average molecular weight is 306 g/mol. The van der Waals surface area contributed by atoms with E-state index >= 15 is 0 Å². The molecule has 0 aliphatic rings. The smallest absolute Gasteiger partial charge is 0.289 e. The molecule has 0 saturated carbocycles. The van der Waals surface area contributed by atoms with Crippen LogP contribution in [0, 0.1) is 0 Å². The van der Waals surface area contributed by atoms with Gasteiger partial charge in [-0.2, -0.15) is 13.2 Å². The maximum Gasteiger partial charge on any atom is 0.416 e. The van der Waals surface area contributed by atoms with Gasteiger partial charge < -0.3 is 0 Å². The van der Waals surface area contributed by atoms with E-state index in [1.54, 1.807) is 12.1 Å². The summed E-state index contributed by atoms with van der Waals surface area (Å²) >= 11 is 0. The zero-order valence-corrected chi connectivity index (χ0v) is 12.7. The molecule has 4 heteroatoms. The lowest BCUT2D eigenvalue weighted by Crippen LogP contribution is -2.11. The number of alkyl halides is 3. The zero-order valence-electron chi connectivity index (χ0n) is 12.7. The molecule has 2 rings (SSSR count). The van der Waals surface area contributed by atoms with Crippen LogP contribution < -0.4 is 0 Å². The number of carbonyl (C=O) groups excluding carboxylic acids is 1. The van der Waals surface area contributed by atoms with Crippen molar-refractivity contribution in [1.29, 1.82) is 0 Å². The molecule has 0 amide bonds. The summed E-state index contributed by atoms with van der Waals surface area (Å²) in [6.07, 6.45) is -4.39. The molecule has 0 aliphatic carbocycles. The predicted octanol–water partition coefficient (Wildman–Crippen LogP) is 5.23. The lowest BCUT2D eigenvalue weighted by molar-refractivity contribution is -0.137. The van der Waals surface area contributed by atoms with Gasteiger partial charge in [-0.1, -0.05) is 57.2 Å². The van der Waals surface area contributed by atoms with Gasteiger partial charge in [-0.25, -0.2) is 0 Å². The van der Waals surface area contributed by atoms with E-state index in [0.717, 1.165) is 17.7 Å². The van der Waals surface area contributed by atoms with Crippen LogP contribution in [0.1, 0.15) is 47.8 Å². The Hall–Kier alpha value is -2.10. The molecule has 22 heavy (non-hydrogen) atoms. The van der Waals surface area contributed by atoms with Crippen LogP contribution in [0.5, 0.6) is 0 Å². The van der Waals surface area contributed by atoms with Crippen LogP contribution in [-0.2, 0) is 11.6 Å². The first-order valence-electron chi connectivity index (χ1n) is 6.91. The fourth-order valence-electron chi connectivity index (χ4n) is 2.10. The lowest BCUT2D eigenvalue weighted by atomic mass is 9.86. The number of hydrogen-bond acceptors (Lipinski definition) is 1. The summed E-state index contributed by atoms with van der Waals surface area (Å²) in [6.45, 7) is 6.21. The van der Waals surface area contributed by atoms with Crippen LogP contribution in [0.25, 0.3) is 0 Å². The average Bonchev–Trinajstić information content (AvgIpc) is 2.45. The highest BCUT2D eigenvalue weighted by Gasteiger charge is 2.30. The molecule has 0 aliphatic heterocycles. The molecule has 0 aromatic heterocycles. The fraction of sp³-hybridized carbons (Fsp3) is 0.278. The van der Waals surface area contributed by atoms with Crippen molar-refractivity contribution < 1.29 is 18.0 Å². The second-order valence-electron chi connectivity index (χ2n) is 6.23. The highest BCUT2D eigenvalue weighted by Crippen LogP contribution is 2.29. The minimum Gasteiger partial charge on any atom is -0.289 e. The molecule has 0 spiro atoms. The fourth-order valence-corrected chi connectivity index (χ4v) is 2.10. The number of ketones is 1. The van der Waals surface area contributed by atoms with Crippen molar-refractivity contribution >= 4 is 5.78 Å². The Labute approximate surface area is 127 Å². The van der Waals surface area contributed by atoms with Gasteiger partial charge in [0.2, 0.25) is 0 Å². The van der Waals surface area contributed by atoms with Crippen LogP contribution in [0.15, 0.2) is 48.5 Å². The SMILES string of the molecule is CC(C)(C)c1ccc(C(=O)c2ccc(C(F)(F)F)cc2)cc1. The van der Waals surface area contributed by atoms with Crippen molar-refractivity contribution in [3.63, 3.8) is 0 Å². The quantitative estimate of drug-likeness (QED) is 0.694. The Balaban J connectivity index is 2.25. The maximum absolute atomic E-state index is 12.5. The Morgan fingerprint density at radius 1 is 0.727 bits per heavy atom. The van der Waals surface area contributed by atoms with Crippen molar-refractivity contribution in [3.05, 3.63) is 70.8 Å². The monoisotopic (exact) mass is 306 g/mol. The van der Waals surface area contributed by atoms with E-state index in [2.05, 4.69) is 20.8 Å². The Bertz CT molecular complexity index is 600. The summed E-state index contributed by atoms with van der Waals surface area (Å²) in [7, 11) is 0. The standard InChI is InChI=1S/C18H17F3O/c1-17(2,3)14-8-4-12(5-9-14)16(22)13-6-10-15(11-7-13)18(19,20)21/h4-11H,1-3H3. The summed E-state index contributed by atoms with van der Waals surface area (Å²) < 4.78 is 37.5. The number of benzene rings is 2. The van der Waals surface area contributed by atoms with Gasteiger partial charge in [-0.05, 0) is 23.1 Å².